The molecule has 1 aromatic carbocycles. The van der Waals surface area contributed by atoms with Gasteiger partial charge in [-0.1, -0.05) is 30.7 Å². The summed E-state index contributed by atoms with van der Waals surface area (Å²) < 4.78 is 0. The van der Waals surface area contributed by atoms with Crippen LogP contribution in [0.2, 0.25) is 5.02 Å². The molecule has 0 bridgehead atoms. The second kappa shape index (κ2) is 7.87. The molecule has 112 valence electrons. The number of nitrogens with one attached hydrogen (secondary N) is 2. The molecule has 20 heavy (non-hydrogen) atoms. The average molecular weight is 317 g/mol. The van der Waals surface area contributed by atoms with Gasteiger partial charge in [0.2, 0.25) is 5.91 Å². The van der Waals surface area contributed by atoms with Crippen LogP contribution in [0.1, 0.15) is 31.7 Å². The minimum absolute atomic E-state index is 0. The molecule has 0 spiro atoms. The molecule has 0 aliphatic carbocycles. The van der Waals surface area contributed by atoms with Crippen LogP contribution in [0.4, 0.5) is 0 Å². The lowest BCUT2D eigenvalue weighted by Crippen LogP contribution is -2.53. The summed E-state index contributed by atoms with van der Waals surface area (Å²) in [5.74, 6) is 0.134. The molecule has 2 rings (SSSR count). The first kappa shape index (κ1) is 17.3. The molecule has 0 aromatic heterocycles. The average Bonchev–Trinajstić information content (AvgIpc) is 2.89. The minimum Gasteiger partial charge on any atom is -0.354 e. The molecule has 1 fully saturated rings. The number of rotatable bonds is 5. The molecule has 1 saturated heterocycles. The van der Waals surface area contributed by atoms with Crippen molar-refractivity contribution in [1.29, 1.82) is 0 Å². The summed E-state index contributed by atoms with van der Waals surface area (Å²) in [6.07, 6.45) is 3.67. The minimum atomic E-state index is -0.339. The maximum atomic E-state index is 12.3. The number of carbonyl (C=O) groups excluding carboxylic acids is 1. The molecule has 0 radical (unpaired) electrons. The zero-order valence-corrected chi connectivity index (χ0v) is 13.3. The molecule has 1 amide bonds. The Morgan fingerprint density at radius 1 is 1.50 bits per heavy atom. The van der Waals surface area contributed by atoms with Crippen LogP contribution in [-0.2, 0) is 11.2 Å². The summed E-state index contributed by atoms with van der Waals surface area (Å²) in [5, 5.41) is 7.13. The van der Waals surface area contributed by atoms with Gasteiger partial charge >= 0.3 is 0 Å². The van der Waals surface area contributed by atoms with Crippen molar-refractivity contribution in [1.82, 2.24) is 10.6 Å². The Bertz CT molecular complexity index is 445. The van der Waals surface area contributed by atoms with Crippen LogP contribution in [0.25, 0.3) is 0 Å². The molecule has 3 nitrogen and oxygen atoms in total. The first-order chi connectivity index (χ1) is 9.16. The fourth-order valence-corrected chi connectivity index (χ4v) is 2.86. The number of halogens is 2. The Labute approximate surface area is 131 Å². The molecule has 5 heteroatoms. The van der Waals surface area contributed by atoms with Gasteiger partial charge in [0.15, 0.2) is 0 Å². The van der Waals surface area contributed by atoms with Gasteiger partial charge in [-0.3, -0.25) is 4.79 Å². The Morgan fingerprint density at radius 3 is 2.90 bits per heavy atom. The first-order valence-corrected chi connectivity index (χ1v) is 7.32. The van der Waals surface area contributed by atoms with Crippen molar-refractivity contribution in [3.05, 3.63) is 34.9 Å². The molecule has 1 atom stereocenters. The van der Waals surface area contributed by atoms with E-state index in [1.165, 1.54) is 0 Å². The summed E-state index contributed by atoms with van der Waals surface area (Å²) in [6, 6.07) is 7.77. The highest BCUT2D eigenvalue weighted by Crippen LogP contribution is 2.23. The predicted octanol–water partition coefficient (Wildman–Crippen LogP) is 2.95. The van der Waals surface area contributed by atoms with E-state index in [9.17, 15) is 4.79 Å². The topological polar surface area (TPSA) is 41.1 Å². The number of hydrogen-bond acceptors (Lipinski definition) is 2. The van der Waals surface area contributed by atoms with E-state index in [1.54, 1.807) is 0 Å². The normalized spacial score (nSPS) is 21.3. The van der Waals surface area contributed by atoms with Gasteiger partial charge in [-0.15, -0.1) is 12.4 Å². The Morgan fingerprint density at radius 2 is 2.30 bits per heavy atom. The van der Waals surface area contributed by atoms with E-state index in [0.717, 1.165) is 42.8 Å². The Kier molecular flexibility index (Phi) is 6.80. The van der Waals surface area contributed by atoms with E-state index in [2.05, 4.69) is 17.6 Å². The summed E-state index contributed by atoms with van der Waals surface area (Å²) in [4.78, 5) is 12.3. The van der Waals surface area contributed by atoms with Crippen molar-refractivity contribution in [2.45, 2.75) is 38.1 Å². The van der Waals surface area contributed by atoms with Crippen LogP contribution in [0.5, 0.6) is 0 Å². The lowest BCUT2D eigenvalue weighted by molar-refractivity contribution is -0.127. The van der Waals surface area contributed by atoms with Gasteiger partial charge in [0.05, 0.1) is 5.54 Å². The van der Waals surface area contributed by atoms with E-state index < -0.39 is 0 Å². The van der Waals surface area contributed by atoms with Crippen LogP contribution in [0.15, 0.2) is 24.3 Å². The van der Waals surface area contributed by atoms with Gasteiger partial charge in [0.25, 0.3) is 0 Å². The lowest BCUT2D eigenvalue weighted by atomic mass is 9.93. The Balaban J connectivity index is 0.00000200. The van der Waals surface area contributed by atoms with Gasteiger partial charge in [0.1, 0.15) is 0 Å². The van der Waals surface area contributed by atoms with Crippen LogP contribution < -0.4 is 10.6 Å². The van der Waals surface area contributed by atoms with Crippen molar-refractivity contribution in [3.8, 4) is 0 Å². The summed E-state index contributed by atoms with van der Waals surface area (Å²) >= 11 is 5.94. The van der Waals surface area contributed by atoms with Gasteiger partial charge < -0.3 is 10.6 Å². The largest absolute Gasteiger partial charge is 0.354 e. The van der Waals surface area contributed by atoms with Crippen molar-refractivity contribution in [2.75, 3.05) is 13.1 Å². The molecule has 1 heterocycles. The van der Waals surface area contributed by atoms with E-state index in [0.29, 0.717) is 6.54 Å². The molecular weight excluding hydrogens is 295 g/mol. The highest BCUT2D eigenvalue weighted by molar-refractivity contribution is 6.30. The highest BCUT2D eigenvalue weighted by Gasteiger charge is 2.38. The number of benzene rings is 1. The lowest BCUT2D eigenvalue weighted by Gasteiger charge is -2.26. The van der Waals surface area contributed by atoms with E-state index in [-0.39, 0.29) is 23.9 Å². The third kappa shape index (κ3) is 4.11. The highest BCUT2D eigenvalue weighted by atomic mass is 35.5. The van der Waals surface area contributed by atoms with Crippen molar-refractivity contribution < 1.29 is 4.79 Å². The third-order valence-electron chi connectivity index (χ3n) is 3.87. The van der Waals surface area contributed by atoms with Crippen LogP contribution >= 0.6 is 24.0 Å². The fourth-order valence-electron chi connectivity index (χ4n) is 2.64. The van der Waals surface area contributed by atoms with E-state index in [1.807, 2.05) is 24.3 Å². The van der Waals surface area contributed by atoms with Crippen LogP contribution in [0.3, 0.4) is 0 Å². The summed E-state index contributed by atoms with van der Waals surface area (Å²) in [6.45, 7) is 3.66. The maximum absolute atomic E-state index is 12.3. The van der Waals surface area contributed by atoms with E-state index in [4.69, 9.17) is 11.6 Å². The van der Waals surface area contributed by atoms with Crippen molar-refractivity contribution in [3.63, 3.8) is 0 Å². The standard InChI is InChI=1S/C15H21ClN2O.ClH/c1-2-15(8-4-9-18-15)14(19)17-10-7-12-5-3-6-13(16)11-12;/h3,5-6,11,18H,2,4,7-10H2,1H3,(H,17,19);1H. The molecular formula is C15H22Cl2N2O. The third-order valence-corrected chi connectivity index (χ3v) is 4.11. The van der Waals surface area contributed by atoms with Gasteiger partial charge in [-0.2, -0.15) is 0 Å². The van der Waals surface area contributed by atoms with Crippen LogP contribution in [0, 0.1) is 0 Å². The number of hydrogen-bond donors (Lipinski definition) is 2. The first-order valence-electron chi connectivity index (χ1n) is 6.94. The molecule has 1 aliphatic heterocycles. The quantitative estimate of drug-likeness (QED) is 0.877. The number of carbonyl (C=O) groups is 1. The molecule has 1 aromatic rings. The van der Waals surface area contributed by atoms with Crippen LogP contribution in [-0.4, -0.2) is 24.5 Å². The zero-order valence-electron chi connectivity index (χ0n) is 11.7. The predicted molar refractivity (Wildman–Crippen MR) is 85.7 cm³/mol. The second-order valence-corrected chi connectivity index (χ2v) is 5.54. The Hall–Kier alpha value is -0.770. The van der Waals surface area contributed by atoms with Crippen molar-refractivity contribution >= 4 is 29.9 Å². The molecule has 1 unspecified atom stereocenters. The van der Waals surface area contributed by atoms with Crippen molar-refractivity contribution in [2.24, 2.45) is 0 Å². The molecule has 1 aliphatic rings. The fraction of sp³-hybridized carbons (Fsp3) is 0.533. The van der Waals surface area contributed by atoms with Gasteiger partial charge in [-0.05, 0) is 49.9 Å². The maximum Gasteiger partial charge on any atom is 0.240 e. The van der Waals surface area contributed by atoms with E-state index >= 15 is 0 Å². The monoisotopic (exact) mass is 316 g/mol. The summed E-state index contributed by atoms with van der Waals surface area (Å²) in [5.41, 5.74) is 0.812. The second-order valence-electron chi connectivity index (χ2n) is 5.10. The smallest absolute Gasteiger partial charge is 0.240 e. The molecule has 0 saturated carbocycles. The van der Waals surface area contributed by atoms with Gasteiger partial charge in [-0.25, -0.2) is 0 Å². The molecule has 2 N–H and O–H groups in total. The SMILES string of the molecule is CCC1(C(=O)NCCc2cccc(Cl)c2)CCCN1.Cl. The number of amides is 1. The zero-order chi connectivity index (χ0) is 13.7. The summed E-state index contributed by atoms with van der Waals surface area (Å²) in [7, 11) is 0. The van der Waals surface area contributed by atoms with Gasteiger partial charge in [0, 0.05) is 11.6 Å².